The minimum atomic E-state index is -1.02. The van der Waals surface area contributed by atoms with E-state index in [1.807, 2.05) is 43.3 Å². The molecule has 1 aliphatic heterocycles. The van der Waals surface area contributed by atoms with E-state index in [4.69, 9.17) is 4.74 Å². The number of carboxylic acid groups (broad SMARTS) is 1. The Morgan fingerprint density at radius 3 is 2.23 bits per heavy atom. The molecular formula is C27H33N3O5. The predicted molar refractivity (Wildman–Crippen MR) is 132 cm³/mol. The van der Waals surface area contributed by atoms with Crippen LogP contribution in [0.15, 0.2) is 48.5 Å². The topological polar surface area (TPSA) is 99.2 Å². The van der Waals surface area contributed by atoms with Gasteiger partial charge in [-0.1, -0.05) is 55.5 Å². The van der Waals surface area contributed by atoms with E-state index < -0.39 is 30.1 Å². The molecule has 8 nitrogen and oxygen atoms in total. The Kier molecular flexibility index (Phi) is 7.40. The SMILES string of the molecule is CC1CCC(C(=O)O)N(C(=O)[C@H](CN(C)C)NC(=O)OCC2c3ccccc3-c3ccccc32)C1. The molecule has 0 bridgehead atoms. The van der Waals surface area contributed by atoms with Gasteiger partial charge in [0.1, 0.15) is 18.7 Å². The fourth-order valence-corrected chi connectivity index (χ4v) is 5.19. The van der Waals surface area contributed by atoms with Crippen molar-refractivity contribution in [3.8, 4) is 11.1 Å². The summed E-state index contributed by atoms with van der Waals surface area (Å²) in [4.78, 5) is 41.2. The number of nitrogens with one attached hydrogen (secondary N) is 1. The van der Waals surface area contributed by atoms with Crippen molar-refractivity contribution in [3.05, 3.63) is 59.7 Å². The molecule has 1 saturated heterocycles. The van der Waals surface area contributed by atoms with E-state index in [-0.39, 0.29) is 25.0 Å². The zero-order chi connectivity index (χ0) is 25.1. The molecule has 3 atom stereocenters. The van der Waals surface area contributed by atoms with Crippen molar-refractivity contribution in [2.24, 2.45) is 5.92 Å². The minimum absolute atomic E-state index is 0.0875. The number of fused-ring (bicyclic) bond motifs is 3. The lowest BCUT2D eigenvalue weighted by molar-refractivity contribution is -0.154. The molecule has 2 N–H and O–H groups in total. The number of benzene rings is 2. The van der Waals surface area contributed by atoms with Crippen molar-refractivity contribution in [2.75, 3.05) is 33.8 Å². The summed E-state index contributed by atoms with van der Waals surface area (Å²) in [5, 5.41) is 12.3. The Bertz CT molecular complexity index is 1060. The molecule has 2 unspecified atom stereocenters. The monoisotopic (exact) mass is 479 g/mol. The summed E-state index contributed by atoms with van der Waals surface area (Å²) < 4.78 is 5.63. The maximum absolute atomic E-state index is 13.4. The first-order chi connectivity index (χ1) is 16.8. The van der Waals surface area contributed by atoms with Crippen molar-refractivity contribution in [1.82, 2.24) is 15.1 Å². The molecule has 1 aliphatic carbocycles. The van der Waals surface area contributed by atoms with Crippen molar-refractivity contribution in [2.45, 2.75) is 37.8 Å². The fraction of sp³-hybridized carbons (Fsp3) is 0.444. The Morgan fingerprint density at radius 1 is 1.06 bits per heavy atom. The highest BCUT2D eigenvalue weighted by molar-refractivity contribution is 5.89. The second kappa shape index (κ2) is 10.5. The van der Waals surface area contributed by atoms with Gasteiger partial charge in [0.25, 0.3) is 0 Å². The van der Waals surface area contributed by atoms with Crippen LogP contribution in [0, 0.1) is 5.92 Å². The number of carboxylic acids is 1. The lowest BCUT2D eigenvalue weighted by atomic mass is 9.93. The molecule has 4 rings (SSSR count). The Labute approximate surface area is 205 Å². The number of rotatable bonds is 7. The number of carbonyl (C=O) groups excluding carboxylic acids is 2. The first kappa shape index (κ1) is 24.7. The molecule has 186 valence electrons. The van der Waals surface area contributed by atoms with Gasteiger partial charge in [0, 0.05) is 19.0 Å². The van der Waals surface area contributed by atoms with E-state index in [0.717, 1.165) is 28.7 Å². The molecule has 1 fully saturated rings. The van der Waals surface area contributed by atoms with Crippen LogP contribution in [-0.4, -0.2) is 78.8 Å². The molecule has 1 heterocycles. The van der Waals surface area contributed by atoms with Crippen LogP contribution >= 0.6 is 0 Å². The van der Waals surface area contributed by atoms with Crippen LogP contribution in [0.2, 0.25) is 0 Å². The largest absolute Gasteiger partial charge is 0.480 e. The minimum Gasteiger partial charge on any atom is -0.480 e. The van der Waals surface area contributed by atoms with E-state index in [2.05, 4.69) is 17.4 Å². The summed E-state index contributed by atoms with van der Waals surface area (Å²) >= 11 is 0. The number of aliphatic carboxylic acids is 1. The average molecular weight is 480 g/mol. The van der Waals surface area contributed by atoms with E-state index in [1.165, 1.54) is 4.90 Å². The van der Waals surface area contributed by atoms with Crippen molar-refractivity contribution >= 4 is 18.0 Å². The molecule has 0 aromatic heterocycles. The van der Waals surface area contributed by atoms with Crippen molar-refractivity contribution in [3.63, 3.8) is 0 Å². The van der Waals surface area contributed by atoms with Crippen LogP contribution in [0.1, 0.15) is 36.8 Å². The number of carbonyl (C=O) groups is 3. The maximum Gasteiger partial charge on any atom is 0.407 e. The van der Waals surface area contributed by atoms with Crippen LogP contribution in [0.25, 0.3) is 11.1 Å². The summed E-state index contributed by atoms with van der Waals surface area (Å²) in [5.74, 6) is -1.30. The van der Waals surface area contributed by atoms with Gasteiger partial charge in [-0.05, 0) is 55.1 Å². The average Bonchev–Trinajstić information content (AvgIpc) is 3.15. The molecule has 0 spiro atoms. The first-order valence-electron chi connectivity index (χ1n) is 12.1. The second-order valence-corrected chi connectivity index (χ2v) is 9.81. The fourth-order valence-electron chi connectivity index (χ4n) is 5.19. The van der Waals surface area contributed by atoms with Gasteiger partial charge in [-0.2, -0.15) is 0 Å². The number of ether oxygens (including phenoxy) is 1. The van der Waals surface area contributed by atoms with E-state index in [1.54, 1.807) is 19.0 Å². The van der Waals surface area contributed by atoms with Crippen LogP contribution < -0.4 is 5.32 Å². The number of nitrogens with zero attached hydrogens (tertiary/aromatic N) is 2. The van der Waals surface area contributed by atoms with Gasteiger partial charge in [0.15, 0.2) is 0 Å². The summed E-state index contributed by atoms with van der Waals surface area (Å²) in [7, 11) is 3.60. The number of hydrogen-bond acceptors (Lipinski definition) is 5. The molecule has 35 heavy (non-hydrogen) atoms. The third kappa shape index (κ3) is 5.32. The Hall–Kier alpha value is -3.39. The third-order valence-corrected chi connectivity index (χ3v) is 6.87. The number of hydrogen-bond donors (Lipinski definition) is 2. The highest BCUT2D eigenvalue weighted by Gasteiger charge is 2.38. The lowest BCUT2D eigenvalue weighted by Gasteiger charge is -2.38. The molecular weight excluding hydrogens is 446 g/mol. The highest BCUT2D eigenvalue weighted by Crippen LogP contribution is 2.44. The number of likely N-dealkylation sites (tertiary alicyclic amines) is 1. The number of alkyl carbamates (subject to hydrolysis) is 1. The lowest BCUT2D eigenvalue weighted by Crippen LogP contribution is -2.59. The van der Waals surface area contributed by atoms with Crippen LogP contribution in [0.4, 0.5) is 4.79 Å². The van der Waals surface area contributed by atoms with Gasteiger partial charge in [0.05, 0.1) is 0 Å². The maximum atomic E-state index is 13.4. The van der Waals surface area contributed by atoms with E-state index >= 15 is 0 Å². The van der Waals surface area contributed by atoms with Crippen molar-refractivity contribution < 1.29 is 24.2 Å². The Balaban J connectivity index is 1.46. The molecule has 0 radical (unpaired) electrons. The number of amides is 2. The normalized spacial score (nSPS) is 20.2. The summed E-state index contributed by atoms with van der Waals surface area (Å²) in [6.45, 7) is 2.73. The summed E-state index contributed by atoms with van der Waals surface area (Å²) in [5.41, 5.74) is 4.48. The zero-order valence-corrected chi connectivity index (χ0v) is 20.4. The van der Waals surface area contributed by atoms with E-state index in [9.17, 15) is 19.5 Å². The van der Waals surface area contributed by atoms with Gasteiger partial charge in [-0.15, -0.1) is 0 Å². The Morgan fingerprint density at radius 2 is 1.66 bits per heavy atom. The third-order valence-electron chi connectivity index (χ3n) is 6.87. The predicted octanol–water partition coefficient (Wildman–Crippen LogP) is 3.17. The number of piperidine rings is 1. The van der Waals surface area contributed by atoms with Gasteiger partial charge in [0.2, 0.25) is 5.91 Å². The number of likely N-dealkylation sites (N-methyl/N-ethyl adjacent to an activating group) is 1. The van der Waals surface area contributed by atoms with Gasteiger partial charge >= 0.3 is 12.1 Å². The van der Waals surface area contributed by atoms with Crippen LogP contribution in [0.3, 0.4) is 0 Å². The standard InChI is InChI=1S/C27H33N3O5/c1-17-12-13-24(26(32)33)30(14-17)25(31)23(15-29(2)3)28-27(34)35-16-22-20-10-6-4-8-18(20)19-9-5-7-11-21(19)22/h4-11,17,22-24H,12-16H2,1-3H3,(H,28,34)(H,32,33)/t17?,23-,24?/m0/s1. The molecule has 8 heteroatoms. The first-order valence-corrected chi connectivity index (χ1v) is 12.1. The molecule has 2 aromatic rings. The zero-order valence-electron chi connectivity index (χ0n) is 20.4. The van der Waals surface area contributed by atoms with Crippen LogP contribution in [0.5, 0.6) is 0 Å². The summed E-state index contributed by atoms with van der Waals surface area (Å²) in [6.07, 6.45) is 0.463. The van der Waals surface area contributed by atoms with Gasteiger partial charge in [-0.25, -0.2) is 9.59 Å². The molecule has 2 aromatic carbocycles. The van der Waals surface area contributed by atoms with Gasteiger partial charge in [-0.3, -0.25) is 4.79 Å². The van der Waals surface area contributed by atoms with E-state index in [0.29, 0.717) is 13.0 Å². The summed E-state index contributed by atoms with van der Waals surface area (Å²) in [6, 6.07) is 14.4. The quantitative estimate of drug-likeness (QED) is 0.633. The molecule has 2 amide bonds. The van der Waals surface area contributed by atoms with Crippen LogP contribution in [-0.2, 0) is 14.3 Å². The second-order valence-electron chi connectivity index (χ2n) is 9.81. The molecule has 2 aliphatic rings. The highest BCUT2D eigenvalue weighted by atomic mass is 16.5. The van der Waals surface area contributed by atoms with Gasteiger partial charge < -0.3 is 25.0 Å². The molecule has 0 saturated carbocycles. The smallest absolute Gasteiger partial charge is 0.407 e. The van der Waals surface area contributed by atoms with Crippen molar-refractivity contribution in [1.29, 1.82) is 0 Å².